The zero-order chi connectivity index (χ0) is 13.9. The first kappa shape index (κ1) is 15.4. The van der Waals surface area contributed by atoms with Crippen LogP contribution >= 0.6 is 12.4 Å². The van der Waals surface area contributed by atoms with Crippen LogP contribution in [0.2, 0.25) is 0 Å². The molecule has 0 bridgehead atoms. The summed E-state index contributed by atoms with van der Waals surface area (Å²) in [7, 11) is 0. The highest BCUT2D eigenvalue weighted by Gasteiger charge is 2.28. The van der Waals surface area contributed by atoms with Crippen molar-refractivity contribution < 1.29 is 14.6 Å². The molecule has 1 aliphatic rings. The van der Waals surface area contributed by atoms with Crippen LogP contribution in [0.25, 0.3) is 0 Å². The number of hydrogen-bond donors (Lipinski definition) is 1. The number of aryl methyl sites for hydroxylation is 1. The molecule has 5 nitrogen and oxygen atoms in total. The lowest BCUT2D eigenvalue weighted by atomic mass is 10.0. The van der Waals surface area contributed by atoms with Crippen LogP contribution in [-0.2, 0) is 17.8 Å². The van der Waals surface area contributed by atoms with Gasteiger partial charge in [0.1, 0.15) is 12.4 Å². The summed E-state index contributed by atoms with van der Waals surface area (Å²) in [6.45, 7) is 1.31. The third-order valence-electron chi connectivity index (χ3n) is 3.67. The van der Waals surface area contributed by atoms with Crippen LogP contribution in [0.5, 0.6) is 5.75 Å². The number of nitrogens with zero attached hydrogens (tertiary/aromatic N) is 2. The van der Waals surface area contributed by atoms with E-state index in [1.54, 1.807) is 12.5 Å². The number of carboxylic acids is 1. The lowest BCUT2D eigenvalue weighted by molar-refractivity contribution is -0.138. The molecule has 1 heterocycles. The molecule has 1 unspecified atom stereocenters. The maximum absolute atomic E-state index is 11.1. The van der Waals surface area contributed by atoms with Gasteiger partial charge in [0.15, 0.2) is 0 Å². The first-order valence-corrected chi connectivity index (χ1v) is 6.68. The Morgan fingerprint density at radius 2 is 2.33 bits per heavy atom. The van der Waals surface area contributed by atoms with Crippen molar-refractivity contribution in [2.45, 2.75) is 25.3 Å². The van der Waals surface area contributed by atoms with E-state index in [-0.39, 0.29) is 18.3 Å². The molecule has 2 aromatic rings. The van der Waals surface area contributed by atoms with Gasteiger partial charge in [0.2, 0.25) is 0 Å². The second-order valence-electron chi connectivity index (χ2n) is 4.94. The highest BCUT2D eigenvalue weighted by atomic mass is 35.5. The Balaban J connectivity index is 0.00000161. The van der Waals surface area contributed by atoms with Crippen LogP contribution in [-0.4, -0.2) is 27.2 Å². The fourth-order valence-electron chi connectivity index (χ4n) is 2.63. The van der Waals surface area contributed by atoms with Crippen molar-refractivity contribution in [3.8, 4) is 5.75 Å². The van der Waals surface area contributed by atoms with Gasteiger partial charge in [-0.1, -0.05) is 6.07 Å². The van der Waals surface area contributed by atoms with E-state index >= 15 is 0 Å². The number of ether oxygens (including phenoxy) is 1. The molecule has 1 aliphatic carbocycles. The van der Waals surface area contributed by atoms with Gasteiger partial charge in [-0.25, -0.2) is 4.98 Å². The van der Waals surface area contributed by atoms with E-state index in [1.165, 1.54) is 0 Å². The van der Waals surface area contributed by atoms with Crippen molar-refractivity contribution in [1.29, 1.82) is 0 Å². The van der Waals surface area contributed by atoms with E-state index < -0.39 is 5.97 Å². The van der Waals surface area contributed by atoms with Gasteiger partial charge in [0.05, 0.1) is 18.8 Å². The van der Waals surface area contributed by atoms with Crippen molar-refractivity contribution in [3.63, 3.8) is 0 Å². The number of benzene rings is 1. The molecule has 0 saturated heterocycles. The Morgan fingerprint density at radius 3 is 3.05 bits per heavy atom. The number of carboxylic acid groups (broad SMARTS) is 1. The summed E-state index contributed by atoms with van der Waals surface area (Å²) in [5.74, 6) is -0.294. The fourth-order valence-corrected chi connectivity index (χ4v) is 2.63. The van der Waals surface area contributed by atoms with E-state index in [9.17, 15) is 4.79 Å². The molecule has 0 aliphatic heterocycles. The van der Waals surface area contributed by atoms with Gasteiger partial charge < -0.3 is 14.4 Å². The second-order valence-corrected chi connectivity index (χ2v) is 4.94. The number of hydrogen-bond acceptors (Lipinski definition) is 3. The quantitative estimate of drug-likeness (QED) is 0.921. The van der Waals surface area contributed by atoms with E-state index in [0.29, 0.717) is 13.0 Å². The topological polar surface area (TPSA) is 64.3 Å². The van der Waals surface area contributed by atoms with Crippen molar-refractivity contribution in [2.75, 3.05) is 6.61 Å². The van der Waals surface area contributed by atoms with Gasteiger partial charge in [-0.2, -0.15) is 0 Å². The molecule has 0 spiro atoms. The van der Waals surface area contributed by atoms with E-state index in [0.717, 1.165) is 29.8 Å². The van der Waals surface area contributed by atoms with Crippen LogP contribution in [0.1, 0.15) is 23.5 Å². The van der Waals surface area contributed by atoms with Crippen molar-refractivity contribution in [3.05, 3.63) is 48.0 Å². The van der Waals surface area contributed by atoms with Gasteiger partial charge in [-0.3, -0.25) is 4.79 Å². The minimum Gasteiger partial charge on any atom is -0.492 e. The summed E-state index contributed by atoms with van der Waals surface area (Å²) < 4.78 is 7.66. The Hall–Kier alpha value is -2.01. The molecule has 1 aromatic heterocycles. The third kappa shape index (κ3) is 3.36. The number of halogens is 1. The van der Waals surface area contributed by atoms with Gasteiger partial charge in [0.25, 0.3) is 0 Å². The van der Waals surface area contributed by atoms with Crippen molar-refractivity contribution in [2.24, 2.45) is 0 Å². The largest absolute Gasteiger partial charge is 0.492 e. The van der Waals surface area contributed by atoms with Gasteiger partial charge in [-0.15, -0.1) is 12.4 Å². The molecule has 0 radical (unpaired) electrons. The standard InChI is InChI=1S/C15H16N2O3.ClH/c18-15(19)14-3-1-11-9-12(2-4-13(11)14)20-8-7-17-6-5-16-10-17;/h2,4-6,9-10,14H,1,3,7-8H2,(H,18,19);1H. The van der Waals surface area contributed by atoms with Gasteiger partial charge in [-0.05, 0) is 36.1 Å². The Morgan fingerprint density at radius 1 is 1.48 bits per heavy atom. The van der Waals surface area contributed by atoms with Gasteiger partial charge in [0, 0.05) is 12.4 Å². The minimum absolute atomic E-state index is 0. The monoisotopic (exact) mass is 308 g/mol. The maximum Gasteiger partial charge on any atom is 0.310 e. The van der Waals surface area contributed by atoms with E-state index in [4.69, 9.17) is 9.84 Å². The third-order valence-corrected chi connectivity index (χ3v) is 3.67. The zero-order valence-electron chi connectivity index (χ0n) is 11.4. The highest BCUT2D eigenvalue weighted by Crippen LogP contribution is 2.35. The molecule has 6 heteroatoms. The maximum atomic E-state index is 11.1. The number of imidazole rings is 1. The Bertz CT molecular complexity index is 613. The lowest BCUT2D eigenvalue weighted by Gasteiger charge is -2.10. The molecule has 1 N–H and O–H groups in total. The van der Waals surface area contributed by atoms with Gasteiger partial charge >= 0.3 is 5.97 Å². The van der Waals surface area contributed by atoms with Crippen LogP contribution in [0.15, 0.2) is 36.9 Å². The summed E-state index contributed by atoms with van der Waals surface area (Å²) in [6, 6.07) is 5.70. The smallest absolute Gasteiger partial charge is 0.310 e. The van der Waals surface area contributed by atoms with E-state index in [1.807, 2.05) is 29.0 Å². The first-order chi connectivity index (χ1) is 9.74. The summed E-state index contributed by atoms with van der Waals surface area (Å²) in [6.07, 6.45) is 6.88. The Kier molecular flexibility index (Phi) is 4.85. The van der Waals surface area contributed by atoms with Crippen LogP contribution in [0.4, 0.5) is 0 Å². The molecule has 0 saturated carbocycles. The van der Waals surface area contributed by atoms with E-state index in [2.05, 4.69) is 4.98 Å². The van der Waals surface area contributed by atoms with Crippen LogP contribution in [0, 0.1) is 0 Å². The number of aliphatic carboxylic acids is 1. The number of rotatable bonds is 5. The Labute approximate surface area is 129 Å². The highest BCUT2D eigenvalue weighted by molar-refractivity contribution is 5.85. The number of fused-ring (bicyclic) bond motifs is 1. The summed E-state index contributed by atoms with van der Waals surface area (Å²) in [5.41, 5.74) is 2.02. The van der Waals surface area contributed by atoms with Crippen molar-refractivity contribution in [1.82, 2.24) is 9.55 Å². The summed E-state index contributed by atoms with van der Waals surface area (Å²) in [4.78, 5) is 15.1. The molecule has 1 aromatic carbocycles. The summed E-state index contributed by atoms with van der Waals surface area (Å²) in [5, 5.41) is 9.14. The molecule has 0 fully saturated rings. The fraction of sp³-hybridized carbons (Fsp3) is 0.333. The van der Waals surface area contributed by atoms with Crippen molar-refractivity contribution >= 4 is 18.4 Å². The number of carbonyl (C=O) groups is 1. The second kappa shape index (κ2) is 6.63. The molecule has 3 rings (SSSR count). The molecule has 1 atom stereocenters. The minimum atomic E-state index is -0.738. The predicted molar refractivity (Wildman–Crippen MR) is 80.1 cm³/mol. The first-order valence-electron chi connectivity index (χ1n) is 6.68. The molecular weight excluding hydrogens is 292 g/mol. The normalized spacial score (nSPS) is 16.1. The molecular formula is C15H17ClN2O3. The molecule has 21 heavy (non-hydrogen) atoms. The zero-order valence-corrected chi connectivity index (χ0v) is 12.3. The number of aromatic nitrogens is 2. The average molecular weight is 309 g/mol. The SMILES string of the molecule is Cl.O=C(O)C1CCc2cc(OCCn3ccnc3)ccc21. The molecule has 0 amide bonds. The average Bonchev–Trinajstić information content (AvgIpc) is 3.06. The molecule has 112 valence electrons. The predicted octanol–water partition coefficient (Wildman–Crippen LogP) is 2.50. The summed E-state index contributed by atoms with van der Waals surface area (Å²) >= 11 is 0. The lowest BCUT2D eigenvalue weighted by Crippen LogP contribution is -2.08. The van der Waals surface area contributed by atoms with Crippen LogP contribution < -0.4 is 4.74 Å². The van der Waals surface area contributed by atoms with Crippen LogP contribution in [0.3, 0.4) is 0 Å².